The Bertz CT molecular complexity index is 476. The average Bonchev–Trinajstić information content (AvgIpc) is 2.81. The lowest BCUT2D eigenvalue weighted by Crippen LogP contribution is -2.39. The van der Waals surface area contributed by atoms with Gasteiger partial charge in [-0.1, -0.05) is 48.8 Å². The largest absolute Gasteiger partial charge is 0.383 e. The minimum Gasteiger partial charge on any atom is -0.383 e. The summed E-state index contributed by atoms with van der Waals surface area (Å²) in [7, 11) is 1.66. The van der Waals surface area contributed by atoms with E-state index < -0.39 is 0 Å². The van der Waals surface area contributed by atoms with E-state index in [-0.39, 0.29) is 11.2 Å². The Labute approximate surface area is 146 Å². The van der Waals surface area contributed by atoms with Crippen LogP contribution in [0, 0.1) is 0 Å². The Morgan fingerprint density at radius 2 is 2.09 bits per heavy atom. The molecule has 130 valence electrons. The van der Waals surface area contributed by atoms with Crippen molar-refractivity contribution in [2.24, 2.45) is 0 Å². The van der Waals surface area contributed by atoms with Gasteiger partial charge in [-0.3, -0.25) is 4.79 Å². The quantitative estimate of drug-likeness (QED) is 0.423. The predicted octanol–water partition coefficient (Wildman–Crippen LogP) is 2.92. The topological polar surface area (TPSA) is 76.1 Å². The van der Waals surface area contributed by atoms with E-state index in [0.717, 1.165) is 22.3 Å². The summed E-state index contributed by atoms with van der Waals surface area (Å²) in [6.45, 7) is 3.26. The predicted molar refractivity (Wildman–Crippen MR) is 95.2 cm³/mol. The first-order valence-electron chi connectivity index (χ1n) is 8.22. The summed E-state index contributed by atoms with van der Waals surface area (Å²) >= 11 is 2.94. The smallest absolute Gasteiger partial charge is 0.233 e. The molecule has 0 aliphatic heterocycles. The Kier molecular flexibility index (Phi) is 8.11. The number of amides is 1. The number of hydrogen-bond acceptors (Lipinski definition) is 7. The van der Waals surface area contributed by atoms with Gasteiger partial charge < -0.3 is 15.4 Å². The summed E-state index contributed by atoms with van der Waals surface area (Å²) in [4.78, 5) is 12.3. The molecule has 2 rings (SSSR count). The van der Waals surface area contributed by atoms with Gasteiger partial charge in [0.2, 0.25) is 11.0 Å². The zero-order valence-electron chi connectivity index (χ0n) is 13.8. The molecule has 0 bridgehead atoms. The molecule has 2 N–H and O–H groups in total. The molecule has 6 nitrogen and oxygen atoms in total. The molecule has 1 atom stereocenters. The maximum absolute atomic E-state index is 12.3. The van der Waals surface area contributed by atoms with Crippen LogP contribution in [0.25, 0.3) is 0 Å². The Balaban J connectivity index is 1.76. The number of anilines is 1. The van der Waals surface area contributed by atoms with Crippen LogP contribution in [0.3, 0.4) is 0 Å². The lowest BCUT2D eigenvalue weighted by Gasteiger charge is -2.18. The maximum atomic E-state index is 12.3. The van der Waals surface area contributed by atoms with E-state index in [1.54, 1.807) is 7.11 Å². The molecular formula is C15H26N4O2S2. The first kappa shape index (κ1) is 18.5. The highest BCUT2D eigenvalue weighted by atomic mass is 32.2. The highest BCUT2D eigenvalue weighted by Gasteiger charge is 2.21. The first-order valence-corrected chi connectivity index (χ1v) is 9.92. The van der Waals surface area contributed by atoms with Gasteiger partial charge in [0.1, 0.15) is 0 Å². The number of ether oxygens (including phenoxy) is 1. The van der Waals surface area contributed by atoms with E-state index in [1.165, 1.54) is 48.8 Å². The number of rotatable bonds is 8. The van der Waals surface area contributed by atoms with Crippen LogP contribution in [0.2, 0.25) is 0 Å². The number of methoxy groups -OCH3 is 1. The molecular weight excluding hydrogens is 332 g/mol. The van der Waals surface area contributed by atoms with Gasteiger partial charge in [-0.25, -0.2) is 0 Å². The average molecular weight is 359 g/mol. The number of nitrogens with one attached hydrogen (secondary N) is 2. The fraction of sp³-hybridized carbons (Fsp3) is 0.800. The van der Waals surface area contributed by atoms with E-state index in [2.05, 4.69) is 20.8 Å². The minimum atomic E-state index is -0.155. The van der Waals surface area contributed by atoms with Crippen molar-refractivity contribution in [1.82, 2.24) is 15.5 Å². The van der Waals surface area contributed by atoms with Gasteiger partial charge in [-0.2, -0.15) is 0 Å². The summed E-state index contributed by atoms with van der Waals surface area (Å²) in [6, 6.07) is 0.341. The maximum Gasteiger partial charge on any atom is 0.233 e. The molecule has 0 saturated heterocycles. The van der Waals surface area contributed by atoms with Crippen molar-refractivity contribution >= 4 is 34.1 Å². The van der Waals surface area contributed by atoms with Crippen LogP contribution < -0.4 is 10.6 Å². The Morgan fingerprint density at radius 1 is 1.35 bits per heavy atom. The second-order valence-electron chi connectivity index (χ2n) is 5.75. The van der Waals surface area contributed by atoms with Gasteiger partial charge in [0.15, 0.2) is 4.34 Å². The van der Waals surface area contributed by atoms with Crippen LogP contribution in [-0.2, 0) is 9.53 Å². The zero-order valence-corrected chi connectivity index (χ0v) is 15.5. The number of nitrogens with zero attached hydrogens (tertiary/aromatic N) is 2. The zero-order chi connectivity index (χ0) is 16.5. The fourth-order valence-corrected chi connectivity index (χ4v) is 4.47. The molecule has 0 radical (unpaired) electrons. The van der Waals surface area contributed by atoms with E-state index in [0.29, 0.717) is 19.2 Å². The van der Waals surface area contributed by atoms with Crippen LogP contribution in [0.5, 0.6) is 0 Å². The van der Waals surface area contributed by atoms with Crippen molar-refractivity contribution < 1.29 is 9.53 Å². The summed E-state index contributed by atoms with van der Waals surface area (Å²) in [6.07, 6.45) is 7.24. The van der Waals surface area contributed by atoms with Gasteiger partial charge in [-0.05, 0) is 19.8 Å². The van der Waals surface area contributed by atoms with Gasteiger partial charge in [0.05, 0.1) is 11.9 Å². The first-order chi connectivity index (χ1) is 11.2. The molecule has 1 heterocycles. The molecule has 23 heavy (non-hydrogen) atoms. The molecule has 1 amide bonds. The molecule has 1 aromatic heterocycles. The lowest BCUT2D eigenvalue weighted by molar-refractivity contribution is -0.121. The monoisotopic (exact) mass is 358 g/mol. The van der Waals surface area contributed by atoms with E-state index >= 15 is 0 Å². The van der Waals surface area contributed by atoms with Crippen molar-refractivity contribution in [1.29, 1.82) is 0 Å². The summed E-state index contributed by atoms with van der Waals surface area (Å²) in [5.41, 5.74) is 0. The van der Waals surface area contributed by atoms with Gasteiger partial charge >= 0.3 is 0 Å². The van der Waals surface area contributed by atoms with Crippen LogP contribution in [-0.4, -0.2) is 47.7 Å². The highest BCUT2D eigenvalue weighted by molar-refractivity contribution is 8.02. The molecule has 1 aliphatic carbocycles. The van der Waals surface area contributed by atoms with Crippen molar-refractivity contribution in [2.45, 2.75) is 61.1 Å². The Hall–Kier alpha value is -0.860. The van der Waals surface area contributed by atoms with Crippen LogP contribution in [0.1, 0.15) is 45.4 Å². The van der Waals surface area contributed by atoms with Crippen LogP contribution >= 0.6 is 23.1 Å². The molecule has 0 aromatic carbocycles. The van der Waals surface area contributed by atoms with Gasteiger partial charge in [0.25, 0.3) is 0 Å². The second-order valence-corrected chi connectivity index (χ2v) is 8.32. The molecule has 8 heteroatoms. The number of carbonyl (C=O) groups is 1. The fourth-order valence-electron chi connectivity index (χ4n) is 2.54. The van der Waals surface area contributed by atoms with E-state index in [1.807, 2.05) is 6.92 Å². The molecule has 1 saturated carbocycles. The molecule has 0 unspecified atom stereocenters. The third-order valence-corrected chi connectivity index (χ3v) is 5.90. The van der Waals surface area contributed by atoms with Gasteiger partial charge in [0, 0.05) is 19.7 Å². The molecule has 1 fully saturated rings. The van der Waals surface area contributed by atoms with Crippen molar-refractivity contribution in [3.05, 3.63) is 0 Å². The highest BCUT2D eigenvalue weighted by Crippen LogP contribution is 2.29. The van der Waals surface area contributed by atoms with Gasteiger partial charge in [-0.15, -0.1) is 10.2 Å². The Morgan fingerprint density at radius 3 is 2.78 bits per heavy atom. The third kappa shape index (κ3) is 6.64. The number of hydrogen-bond donors (Lipinski definition) is 2. The summed E-state index contributed by atoms with van der Waals surface area (Å²) in [5.74, 6) is 0.103. The normalized spacial score (nSPS) is 17.5. The van der Waals surface area contributed by atoms with E-state index in [9.17, 15) is 4.79 Å². The number of aromatic nitrogens is 2. The SMILES string of the molecule is COCCNc1nnc(S[C@@H](C)C(=O)NC2CCCCCC2)s1. The lowest BCUT2D eigenvalue weighted by atomic mass is 10.1. The van der Waals surface area contributed by atoms with E-state index in [4.69, 9.17) is 4.74 Å². The van der Waals surface area contributed by atoms with Crippen molar-refractivity contribution in [3.63, 3.8) is 0 Å². The second kappa shape index (κ2) is 10.1. The molecule has 1 aromatic rings. The van der Waals surface area contributed by atoms with Crippen LogP contribution in [0.15, 0.2) is 4.34 Å². The molecule has 1 aliphatic rings. The summed E-state index contributed by atoms with van der Waals surface area (Å²) < 4.78 is 5.80. The van der Waals surface area contributed by atoms with Crippen LogP contribution in [0.4, 0.5) is 5.13 Å². The number of carbonyl (C=O) groups excluding carboxylic acids is 1. The third-order valence-electron chi connectivity index (χ3n) is 3.84. The number of thioether (sulfide) groups is 1. The standard InChI is InChI=1S/C15H26N4O2S2/c1-11(13(20)17-12-7-5-3-4-6-8-12)22-15-19-18-14(23-15)16-9-10-21-2/h11-12H,3-10H2,1-2H3,(H,16,18)(H,17,20)/t11-/m0/s1. The minimum absolute atomic E-state index is 0.103. The van der Waals surface area contributed by atoms with Crippen molar-refractivity contribution in [3.8, 4) is 0 Å². The van der Waals surface area contributed by atoms with Crippen molar-refractivity contribution in [2.75, 3.05) is 25.6 Å². The summed E-state index contributed by atoms with van der Waals surface area (Å²) in [5, 5.41) is 15.2. The molecule has 0 spiro atoms.